The molecule has 118 valence electrons. The van der Waals surface area contributed by atoms with Crippen molar-refractivity contribution in [3.8, 4) is 0 Å². The zero-order chi connectivity index (χ0) is 15.3. The highest BCUT2D eigenvalue weighted by Gasteiger charge is 2.35. The minimum Gasteiger partial charge on any atom is -0.392 e. The van der Waals surface area contributed by atoms with Gasteiger partial charge in [0.2, 0.25) is 0 Å². The number of aliphatic imine (C=N–C) groups is 1. The highest BCUT2D eigenvalue weighted by atomic mass is 16.3. The summed E-state index contributed by atoms with van der Waals surface area (Å²) in [6.07, 6.45) is 8.22. The molecule has 1 heterocycles. The molecule has 1 fully saturated rings. The summed E-state index contributed by atoms with van der Waals surface area (Å²) < 4.78 is 2.03. The summed E-state index contributed by atoms with van der Waals surface area (Å²) in [5, 5.41) is 16.9. The molecule has 2 unspecified atom stereocenters. The second kappa shape index (κ2) is 6.98. The number of aliphatic hydroxyl groups is 1. The number of hydrogen-bond acceptors (Lipinski definition) is 2. The van der Waals surface area contributed by atoms with Crippen LogP contribution in [-0.2, 0) is 13.6 Å². The highest BCUT2D eigenvalue weighted by molar-refractivity contribution is 5.79. The predicted molar refractivity (Wildman–Crippen MR) is 86.2 cm³/mol. The van der Waals surface area contributed by atoms with Crippen LogP contribution in [0.15, 0.2) is 23.5 Å². The van der Waals surface area contributed by atoms with Gasteiger partial charge in [0.1, 0.15) is 0 Å². The number of hydrogen-bond donors (Lipinski definition) is 3. The molecule has 1 aromatic rings. The minimum atomic E-state index is -0.217. The Labute approximate surface area is 127 Å². The van der Waals surface area contributed by atoms with Crippen LogP contribution in [0.2, 0.25) is 0 Å². The van der Waals surface area contributed by atoms with Gasteiger partial charge < -0.3 is 20.3 Å². The third-order valence-corrected chi connectivity index (χ3v) is 4.52. The molecular formula is C16H28N4O. The van der Waals surface area contributed by atoms with Crippen molar-refractivity contribution in [2.45, 2.75) is 45.3 Å². The fourth-order valence-corrected chi connectivity index (χ4v) is 2.95. The number of guanidine groups is 1. The Hall–Kier alpha value is -1.49. The van der Waals surface area contributed by atoms with Crippen LogP contribution in [0, 0.1) is 5.41 Å². The second-order valence-electron chi connectivity index (χ2n) is 6.38. The molecule has 0 aliphatic heterocycles. The largest absolute Gasteiger partial charge is 0.392 e. The van der Waals surface area contributed by atoms with Gasteiger partial charge in [-0.3, -0.25) is 4.99 Å². The van der Waals surface area contributed by atoms with Gasteiger partial charge in [-0.05, 0) is 24.5 Å². The SMILES string of the molecule is CN=C(NCc1ccn(C)c1)NCC1(C)CCCCC1O. The fraction of sp³-hybridized carbons (Fsp3) is 0.688. The molecule has 1 aliphatic carbocycles. The average Bonchev–Trinajstić information content (AvgIpc) is 2.88. The lowest BCUT2D eigenvalue weighted by Gasteiger charge is -2.38. The summed E-state index contributed by atoms with van der Waals surface area (Å²) >= 11 is 0. The van der Waals surface area contributed by atoms with E-state index in [0.717, 1.165) is 38.3 Å². The average molecular weight is 292 g/mol. The van der Waals surface area contributed by atoms with Crippen molar-refractivity contribution in [1.29, 1.82) is 0 Å². The van der Waals surface area contributed by atoms with Gasteiger partial charge in [0.05, 0.1) is 6.10 Å². The Morgan fingerprint density at radius 1 is 1.48 bits per heavy atom. The van der Waals surface area contributed by atoms with Crippen LogP contribution < -0.4 is 10.6 Å². The minimum absolute atomic E-state index is 0.0530. The summed E-state index contributed by atoms with van der Waals surface area (Å²) in [6, 6.07) is 2.09. The van der Waals surface area contributed by atoms with E-state index in [1.165, 1.54) is 12.0 Å². The third kappa shape index (κ3) is 4.24. The van der Waals surface area contributed by atoms with E-state index < -0.39 is 0 Å². The van der Waals surface area contributed by atoms with E-state index in [-0.39, 0.29) is 11.5 Å². The molecule has 2 atom stereocenters. The van der Waals surface area contributed by atoms with Gasteiger partial charge in [0.15, 0.2) is 5.96 Å². The van der Waals surface area contributed by atoms with E-state index in [0.29, 0.717) is 0 Å². The Morgan fingerprint density at radius 3 is 2.90 bits per heavy atom. The van der Waals surface area contributed by atoms with Gasteiger partial charge in [-0.15, -0.1) is 0 Å². The molecular weight excluding hydrogens is 264 g/mol. The fourth-order valence-electron chi connectivity index (χ4n) is 2.95. The first-order valence-electron chi connectivity index (χ1n) is 7.77. The van der Waals surface area contributed by atoms with Crippen molar-refractivity contribution in [1.82, 2.24) is 15.2 Å². The molecule has 1 saturated carbocycles. The zero-order valence-corrected chi connectivity index (χ0v) is 13.4. The first kappa shape index (κ1) is 15.9. The molecule has 21 heavy (non-hydrogen) atoms. The van der Waals surface area contributed by atoms with E-state index in [9.17, 15) is 5.11 Å². The topological polar surface area (TPSA) is 61.6 Å². The highest BCUT2D eigenvalue weighted by Crippen LogP contribution is 2.35. The quantitative estimate of drug-likeness (QED) is 0.584. The normalized spacial score (nSPS) is 26.7. The van der Waals surface area contributed by atoms with Gasteiger partial charge in [0, 0.05) is 45.0 Å². The third-order valence-electron chi connectivity index (χ3n) is 4.52. The van der Waals surface area contributed by atoms with Crippen molar-refractivity contribution < 1.29 is 5.11 Å². The molecule has 1 aliphatic rings. The molecule has 2 rings (SSSR count). The monoisotopic (exact) mass is 292 g/mol. The molecule has 0 amide bonds. The van der Waals surface area contributed by atoms with Crippen LogP contribution in [-0.4, -0.2) is 35.3 Å². The maximum Gasteiger partial charge on any atom is 0.191 e. The number of rotatable bonds is 4. The lowest BCUT2D eigenvalue weighted by molar-refractivity contribution is 0.00397. The van der Waals surface area contributed by atoms with Crippen LogP contribution in [0.1, 0.15) is 38.2 Å². The molecule has 0 aromatic carbocycles. The smallest absolute Gasteiger partial charge is 0.191 e. The van der Waals surface area contributed by atoms with Crippen LogP contribution in [0.3, 0.4) is 0 Å². The second-order valence-corrected chi connectivity index (χ2v) is 6.38. The molecule has 5 nitrogen and oxygen atoms in total. The Kier molecular flexibility index (Phi) is 5.28. The molecule has 0 spiro atoms. The van der Waals surface area contributed by atoms with Crippen LogP contribution >= 0.6 is 0 Å². The molecule has 3 N–H and O–H groups in total. The van der Waals surface area contributed by atoms with Gasteiger partial charge in [-0.25, -0.2) is 0 Å². The lowest BCUT2D eigenvalue weighted by Crippen LogP contribution is -2.48. The first-order chi connectivity index (χ1) is 10.0. The van der Waals surface area contributed by atoms with E-state index in [2.05, 4.69) is 34.8 Å². The van der Waals surface area contributed by atoms with Crippen molar-refractivity contribution in [2.24, 2.45) is 17.5 Å². The van der Waals surface area contributed by atoms with Crippen LogP contribution in [0.25, 0.3) is 0 Å². The molecule has 1 aromatic heterocycles. The van der Waals surface area contributed by atoms with E-state index >= 15 is 0 Å². The first-order valence-corrected chi connectivity index (χ1v) is 7.77. The van der Waals surface area contributed by atoms with Gasteiger partial charge in [-0.2, -0.15) is 0 Å². The number of aliphatic hydroxyl groups excluding tert-OH is 1. The molecule has 5 heteroatoms. The maximum atomic E-state index is 10.2. The van der Waals surface area contributed by atoms with Crippen LogP contribution in [0.4, 0.5) is 0 Å². The number of aromatic nitrogens is 1. The summed E-state index contributed by atoms with van der Waals surface area (Å²) in [5.41, 5.74) is 1.17. The van der Waals surface area contributed by atoms with Crippen LogP contribution in [0.5, 0.6) is 0 Å². The molecule has 0 bridgehead atoms. The standard InChI is InChI=1S/C16H28N4O/c1-16(8-5-4-6-14(16)21)12-19-15(17-2)18-10-13-7-9-20(3)11-13/h7,9,11,14,21H,4-6,8,10,12H2,1-3H3,(H2,17,18,19). The Bertz CT molecular complexity index is 482. The Balaban J connectivity index is 1.82. The summed E-state index contributed by atoms with van der Waals surface area (Å²) in [6.45, 7) is 3.66. The van der Waals surface area contributed by atoms with Gasteiger partial charge in [-0.1, -0.05) is 19.8 Å². The van der Waals surface area contributed by atoms with E-state index in [4.69, 9.17) is 0 Å². The van der Waals surface area contributed by atoms with E-state index in [1.54, 1.807) is 7.05 Å². The summed E-state index contributed by atoms with van der Waals surface area (Å²) in [7, 11) is 3.79. The van der Waals surface area contributed by atoms with E-state index in [1.807, 2.05) is 17.8 Å². The molecule has 0 radical (unpaired) electrons. The zero-order valence-electron chi connectivity index (χ0n) is 13.4. The van der Waals surface area contributed by atoms with Crippen molar-refractivity contribution in [3.63, 3.8) is 0 Å². The number of nitrogens with zero attached hydrogens (tertiary/aromatic N) is 2. The van der Waals surface area contributed by atoms with Gasteiger partial charge in [0.25, 0.3) is 0 Å². The van der Waals surface area contributed by atoms with Crippen molar-refractivity contribution >= 4 is 5.96 Å². The number of nitrogens with one attached hydrogen (secondary N) is 2. The van der Waals surface area contributed by atoms with Crippen molar-refractivity contribution in [2.75, 3.05) is 13.6 Å². The predicted octanol–water partition coefficient (Wildman–Crippen LogP) is 1.63. The Morgan fingerprint density at radius 2 is 2.29 bits per heavy atom. The van der Waals surface area contributed by atoms with Gasteiger partial charge >= 0.3 is 0 Å². The maximum absolute atomic E-state index is 10.2. The van der Waals surface area contributed by atoms with Crippen molar-refractivity contribution in [3.05, 3.63) is 24.0 Å². The number of aryl methyl sites for hydroxylation is 1. The summed E-state index contributed by atoms with van der Waals surface area (Å²) in [5.74, 6) is 0.790. The molecule has 0 saturated heterocycles. The summed E-state index contributed by atoms with van der Waals surface area (Å²) in [4.78, 5) is 4.26. The lowest BCUT2D eigenvalue weighted by atomic mass is 9.73.